The number of aromatic nitrogens is 2. The zero-order valence-corrected chi connectivity index (χ0v) is 16.3. The second-order valence-corrected chi connectivity index (χ2v) is 6.60. The molecular formula is C23H15F2N3O4. The Morgan fingerprint density at radius 1 is 0.938 bits per heavy atom. The molecule has 7 nitrogen and oxygen atoms in total. The summed E-state index contributed by atoms with van der Waals surface area (Å²) in [4.78, 5) is 19.5. The quantitative estimate of drug-likeness (QED) is 0.350. The second-order valence-electron chi connectivity index (χ2n) is 6.60. The third kappa shape index (κ3) is 4.17. The maximum atomic E-state index is 13.6. The van der Waals surface area contributed by atoms with E-state index in [1.54, 1.807) is 12.1 Å². The number of carboxylic acid groups (broad SMARTS) is 1. The molecule has 2 aromatic carbocycles. The van der Waals surface area contributed by atoms with Crippen LogP contribution in [0.5, 0.6) is 11.6 Å². The van der Waals surface area contributed by atoms with E-state index in [9.17, 15) is 18.7 Å². The number of fused-ring (bicyclic) bond motifs is 1. The van der Waals surface area contributed by atoms with Gasteiger partial charge in [-0.2, -0.15) is 0 Å². The lowest BCUT2D eigenvalue weighted by atomic mass is 10.1. The van der Waals surface area contributed by atoms with Crippen molar-refractivity contribution < 1.29 is 28.5 Å². The van der Waals surface area contributed by atoms with E-state index in [0.717, 1.165) is 18.4 Å². The number of rotatable bonds is 6. The number of aliphatic hydroxyl groups excluding tert-OH is 1. The number of aromatic carboxylic acids is 1. The van der Waals surface area contributed by atoms with Gasteiger partial charge in [0.1, 0.15) is 17.8 Å². The minimum absolute atomic E-state index is 0.0425. The molecule has 2 heterocycles. The Bertz CT molecular complexity index is 1340. The van der Waals surface area contributed by atoms with E-state index in [4.69, 9.17) is 9.84 Å². The number of carbonyl (C=O) groups is 1. The Kier molecular flexibility index (Phi) is 5.63. The van der Waals surface area contributed by atoms with Crippen LogP contribution >= 0.6 is 0 Å². The molecule has 9 heteroatoms. The molecule has 3 N–H and O–H groups in total. The van der Waals surface area contributed by atoms with Crippen molar-refractivity contribution in [3.05, 3.63) is 96.0 Å². The van der Waals surface area contributed by atoms with Crippen LogP contribution in [0.2, 0.25) is 0 Å². The van der Waals surface area contributed by atoms with E-state index in [2.05, 4.69) is 15.3 Å². The first-order valence-corrected chi connectivity index (χ1v) is 9.28. The fourth-order valence-electron chi connectivity index (χ4n) is 3.01. The van der Waals surface area contributed by atoms with Crippen LogP contribution in [0.1, 0.15) is 15.9 Å². The summed E-state index contributed by atoms with van der Waals surface area (Å²) >= 11 is 0. The molecule has 0 radical (unpaired) electrons. The van der Waals surface area contributed by atoms with E-state index < -0.39 is 17.6 Å². The number of ether oxygens (including phenoxy) is 1. The third-order valence-electron chi connectivity index (χ3n) is 4.57. The number of pyridine rings is 2. The molecule has 2 aromatic heterocycles. The van der Waals surface area contributed by atoms with E-state index in [0.29, 0.717) is 16.3 Å². The van der Waals surface area contributed by atoms with Crippen LogP contribution in [0.4, 0.5) is 14.6 Å². The monoisotopic (exact) mass is 435 g/mol. The zero-order chi connectivity index (χ0) is 22.7. The third-order valence-corrected chi connectivity index (χ3v) is 4.57. The highest BCUT2D eigenvalue weighted by Gasteiger charge is 2.15. The number of nitrogens with one attached hydrogen (secondary N) is 1. The highest BCUT2D eigenvalue weighted by atomic mass is 19.2. The SMILES string of the molecule is O=C(O)c1ccc(/C(=C\O)Nc2nccc3ccnc(Oc4ccc(F)c(F)c4)c23)cc1. The van der Waals surface area contributed by atoms with Crippen LogP contribution in [-0.2, 0) is 0 Å². The van der Waals surface area contributed by atoms with Gasteiger partial charge in [0.15, 0.2) is 11.6 Å². The standard InChI is InChI=1S/C23H15F2N3O4/c24-17-6-5-16(11-18(17)25)32-22-20-14(8-10-27-22)7-9-26-21(20)28-19(12-29)13-1-3-15(4-2-13)23(30)31/h1-12,29H,(H,26,28)(H,30,31)/b19-12+. The van der Waals surface area contributed by atoms with Crippen molar-refractivity contribution in [2.24, 2.45) is 0 Å². The Morgan fingerprint density at radius 2 is 1.62 bits per heavy atom. The predicted octanol–water partition coefficient (Wildman–Crippen LogP) is 5.37. The predicted molar refractivity (Wildman–Crippen MR) is 114 cm³/mol. The highest BCUT2D eigenvalue weighted by molar-refractivity contribution is 5.98. The number of anilines is 1. The molecule has 0 unspecified atom stereocenters. The van der Waals surface area contributed by atoms with Gasteiger partial charge >= 0.3 is 5.97 Å². The van der Waals surface area contributed by atoms with Crippen molar-refractivity contribution in [1.29, 1.82) is 0 Å². The number of hydrogen-bond donors (Lipinski definition) is 3. The van der Waals surface area contributed by atoms with Gasteiger partial charge in [-0.05, 0) is 41.8 Å². The van der Waals surface area contributed by atoms with Gasteiger partial charge in [-0.15, -0.1) is 0 Å². The topological polar surface area (TPSA) is 105 Å². The van der Waals surface area contributed by atoms with Crippen molar-refractivity contribution in [3.63, 3.8) is 0 Å². The average molecular weight is 435 g/mol. The first-order valence-electron chi connectivity index (χ1n) is 9.28. The summed E-state index contributed by atoms with van der Waals surface area (Å²) in [5.41, 5.74) is 0.841. The zero-order valence-electron chi connectivity index (χ0n) is 16.3. The summed E-state index contributed by atoms with van der Waals surface area (Å²) in [5, 5.41) is 22.9. The molecule has 0 aliphatic carbocycles. The van der Waals surface area contributed by atoms with E-state index in [-0.39, 0.29) is 28.7 Å². The fraction of sp³-hybridized carbons (Fsp3) is 0. The number of aliphatic hydroxyl groups is 1. The Hall–Kier alpha value is -4.53. The van der Waals surface area contributed by atoms with Gasteiger partial charge in [-0.1, -0.05) is 12.1 Å². The lowest BCUT2D eigenvalue weighted by molar-refractivity contribution is 0.0697. The lowest BCUT2D eigenvalue weighted by Gasteiger charge is -2.14. The van der Waals surface area contributed by atoms with Crippen molar-refractivity contribution >= 4 is 28.3 Å². The molecule has 32 heavy (non-hydrogen) atoms. The first kappa shape index (κ1) is 20.7. The van der Waals surface area contributed by atoms with Gasteiger partial charge in [0.05, 0.1) is 16.6 Å². The van der Waals surface area contributed by atoms with E-state index in [1.165, 1.54) is 42.7 Å². The van der Waals surface area contributed by atoms with Crippen LogP contribution in [0.3, 0.4) is 0 Å². The molecule has 4 rings (SSSR count). The van der Waals surface area contributed by atoms with Gasteiger partial charge in [-0.3, -0.25) is 0 Å². The molecule has 0 fully saturated rings. The van der Waals surface area contributed by atoms with E-state index in [1.807, 2.05) is 0 Å². The summed E-state index contributed by atoms with van der Waals surface area (Å²) in [7, 11) is 0. The summed E-state index contributed by atoms with van der Waals surface area (Å²) < 4.78 is 32.5. The summed E-state index contributed by atoms with van der Waals surface area (Å²) in [5.74, 6) is -2.73. The molecule has 0 atom stereocenters. The number of halogens is 2. The van der Waals surface area contributed by atoms with Crippen LogP contribution in [0.15, 0.2) is 73.3 Å². The fourth-order valence-corrected chi connectivity index (χ4v) is 3.01. The van der Waals surface area contributed by atoms with Crippen molar-refractivity contribution in [2.45, 2.75) is 0 Å². The smallest absolute Gasteiger partial charge is 0.335 e. The molecule has 0 saturated carbocycles. The molecule has 0 aliphatic rings. The van der Waals surface area contributed by atoms with Crippen molar-refractivity contribution in [2.75, 3.05) is 5.32 Å². The number of nitrogens with zero attached hydrogens (tertiary/aromatic N) is 2. The maximum Gasteiger partial charge on any atom is 0.335 e. The van der Waals surface area contributed by atoms with Crippen LogP contribution in [0.25, 0.3) is 16.5 Å². The Morgan fingerprint density at radius 3 is 2.28 bits per heavy atom. The van der Waals surface area contributed by atoms with Crippen LogP contribution in [-0.4, -0.2) is 26.2 Å². The van der Waals surface area contributed by atoms with Crippen LogP contribution < -0.4 is 10.1 Å². The van der Waals surface area contributed by atoms with Crippen LogP contribution in [0, 0.1) is 11.6 Å². The van der Waals surface area contributed by atoms with E-state index >= 15 is 0 Å². The van der Waals surface area contributed by atoms with Crippen molar-refractivity contribution in [3.8, 4) is 11.6 Å². The largest absolute Gasteiger partial charge is 0.513 e. The molecule has 0 saturated heterocycles. The van der Waals surface area contributed by atoms with Gasteiger partial charge < -0.3 is 20.3 Å². The van der Waals surface area contributed by atoms with Gasteiger partial charge in [0.2, 0.25) is 5.88 Å². The molecule has 0 bridgehead atoms. The Labute approximate surface area is 180 Å². The van der Waals surface area contributed by atoms with Gasteiger partial charge in [0.25, 0.3) is 0 Å². The summed E-state index contributed by atoms with van der Waals surface area (Å²) in [6.45, 7) is 0. The molecule has 4 aromatic rings. The molecule has 0 spiro atoms. The minimum Gasteiger partial charge on any atom is -0.513 e. The highest BCUT2D eigenvalue weighted by Crippen LogP contribution is 2.34. The molecule has 0 aliphatic heterocycles. The normalized spacial score (nSPS) is 11.4. The Balaban J connectivity index is 1.72. The average Bonchev–Trinajstić information content (AvgIpc) is 2.80. The molecular weight excluding hydrogens is 420 g/mol. The maximum absolute atomic E-state index is 13.6. The number of hydrogen-bond acceptors (Lipinski definition) is 6. The minimum atomic E-state index is -1.07. The lowest BCUT2D eigenvalue weighted by Crippen LogP contribution is -2.04. The first-order chi connectivity index (χ1) is 15.5. The van der Waals surface area contributed by atoms with Gasteiger partial charge in [-0.25, -0.2) is 23.5 Å². The number of benzene rings is 2. The van der Waals surface area contributed by atoms with Crippen molar-refractivity contribution in [1.82, 2.24) is 9.97 Å². The molecule has 0 amide bonds. The second kappa shape index (κ2) is 8.68. The summed E-state index contributed by atoms with van der Waals surface area (Å²) in [6.07, 6.45) is 3.85. The van der Waals surface area contributed by atoms with Gasteiger partial charge in [0, 0.05) is 24.0 Å². The number of carboxylic acids is 1. The molecule has 160 valence electrons. The summed E-state index contributed by atoms with van der Waals surface area (Å²) in [6, 6.07) is 12.4.